The number of halogens is 3. The van der Waals surface area contributed by atoms with E-state index in [0.717, 1.165) is 0 Å². The van der Waals surface area contributed by atoms with Gasteiger partial charge in [0.2, 0.25) is 0 Å². The van der Waals surface area contributed by atoms with Crippen LogP contribution in [0.4, 0.5) is 13.2 Å². The van der Waals surface area contributed by atoms with Crippen molar-refractivity contribution in [3.05, 3.63) is 0 Å². The predicted octanol–water partition coefficient (Wildman–Crippen LogP) is 0.901. The molecule has 0 bridgehead atoms. The molecule has 1 amide bonds. The zero-order valence-corrected chi connectivity index (χ0v) is 13.0. The first-order valence-corrected chi connectivity index (χ1v) is 7.69. The first-order chi connectivity index (χ1) is 9.64. The second kappa shape index (κ2) is 7.27. The van der Waals surface area contributed by atoms with E-state index in [1.54, 1.807) is 20.8 Å². The molecule has 0 radical (unpaired) electrons. The standard InChI is InChI=1S/C11H18F3NO6S/c1-10(2,3)6-21-22(19,20)5-4-7(8(16)17)15-9(18)11(12,13)14/h7H,4-6H2,1-3H3,(H,15,18)(H,16,17). The Hall–Kier alpha value is -1.36. The second-order valence-corrected chi connectivity index (χ2v) is 7.49. The highest BCUT2D eigenvalue weighted by Gasteiger charge is 2.41. The summed E-state index contributed by atoms with van der Waals surface area (Å²) < 4.78 is 63.9. The largest absolute Gasteiger partial charge is 0.480 e. The van der Waals surface area contributed by atoms with Gasteiger partial charge in [-0.3, -0.25) is 8.98 Å². The maximum atomic E-state index is 12.1. The summed E-state index contributed by atoms with van der Waals surface area (Å²) in [6.07, 6.45) is -6.00. The van der Waals surface area contributed by atoms with Crippen molar-refractivity contribution in [1.82, 2.24) is 5.32 Å². The van der Waals surface area contributed by atoms with Crippen LogP contribution in [0.2, 0.25) is 0 Å². The Bertz CT molecular complexity index is 509. The average Bonchev–Trinajstić information content (AvgIpc) is 2.29. The van der Waals surface area contributed by atoms with Crippen LogP contribution in [0.3, 0.4) is 0 Å². The topological polar surface area (TPSA) is 110 Å². The summed E-state index contributed by atoms with van der Waals surface area (Å²) in [5.41, 5.74) is -0.468. The molecule has 1 atom stereocenters. The molecule has 1 unspecified atom stereocenters. The third kappa shape index (κ3) is 8.82. The molecule has 11 heteroatoms. The van der Waals surface area contributed by atoms with Crippen molar-refractivity contribution in [2.75, 3.05) is 12.4 Å². The lowest BCUT2D eigenvalue weighted by atomic mass is 9.99. The number of nitrogens with one attached hydrogen (secondary N) is 1. The third-order valence-corrected chi connectivity index (χ3v) is 3.40. The molecular formula is C11H18F3NO6S. The number of carboxylic acids is 1. The van der Waals surface area contributed by atoms with E-state index in [4.69, 9.17) is 5.11 Å². The summed E-state index contributed by atoms with van der Waals surface area (Å²) in [7, 11) is -4.11. The summed E-state index contributed by atoms with van der Waals surface area (Å²) in [5, 5.41) is 9.94. The number of carbonyl (C=O) groups is 2. The normalized spacial score (nSPS) is 14.5. The van der Waals surface area contributed by atoms with Crippen LogP contribution in [0.1, 0.15) is 27.2 Å². The van der Waals surface area contributed by atoms with E-state index in [1.165, 1.54) is 5.32 Å². The summed E-state index contributed by atoms with van der Waals surface area (Å²) in [5.74, 6) is -5.06. The maximum Gasteiger partial charge on any atom is 0.471 e. The van der Waals surface area contributed by atoms with E-state index < -0.39 is 51.8 Å². The van der Waals surface area contributed by atoms with Gasteiger partial charge in [0.25, 0.3) is 10.1 Å². The van der Waals surface area contributed by atoms with Crippen LogP contribution in [0.15, 0.2) is 0 Å². The van der Waals surface area contributed by atoms with Crippen molar-refractivity contribution in [2.45, 2.75) is 39.4 Å². The molecule has 0 fully saturated rings. The molecular weight excluding hydrogens is 331 g/mol. The monoisotopic (exact) mass is 349 g/mol. The Morgan fingerprint density at radius 2 is 1.73 bits per heavy atom. The highest BCUT2D eigenvalue weighted by molar-refractivity contribution is 7.86. The molecule has 0 aromatic heterocycles. The van der Waals surface area contributed by atoms with Gasteiger partial charge >= 0.3 is 18.1 Å². The van der Waals surface area contributed by atoms with Gasteiger partial charge in [0.15, 0.2) is 0 Å². The number of alkyl halides is 3. The fourth-order valence-electron chi connectivity index (χ4n) is 1.09. The van der Waals surface area contributed by atoms with Crippen molar-refractivity contribution in [2.24, 2.45) is 5.41 Å². The van der Waals surface area contributed by atoms with Gasteiger partial charge in [0.1, 0.15) is 6.04 Å². The molecule has 7 nitrogen and oxygen atoms in total. The van der Waals surface area contributed by atoms with Gasteiger partial charge in [-0.15, -0.1) is 0 Å². The van der Waals surface area contributed by atoms with Crippen LogP contribution in [0, 0.1) is 5.41 Å². The molecule has 2 N–H and O–H groups in total. The lowest BCUT2D eigenvalue weighted by Gasteiger charge is -2.19. The van der Waals surface area contributed by atoms with E-state index in [1.807, 2.05) is 0 Å². The maximum absolute atomic E-state index is 12.1. The number of rotatable bonds is 7. The average molecular weight is 349 g/mol. The zero-order chi connectivity index (χ0) is 17.8. The molecule has 0 heterocycles. The molecule has 130 valence electrons. The third-order valence-electron chi connectivity index (χ3n) is 2.19. The Balaban J connectivity index is 4.67. The van der Waals surface area contributed by atoms with Gasteiger partial charge in [0.05, 0.1) is 12.4 Å². The molecule has 0 aliphatic carbocycles. The van der Waals surface area contributed by atoms with Gasteiger partial charge in [-0.25, -0.2) is 4.79 Å². The van der Waals surface area contributed by atoms with Crippen LogP contribution in [0.5, 0.6) is 0 Å². The number of amides is 1. The molecule has 0 aromatic rings. The van der Waals surface area contributed by atoms with Crippen molar-refractivity contribution >= 4 is 22.0 Å². The molecule has 0 aromatic carbocycles. The fraction of sp³-hybridized carbons (Fsp3) is 0.818. The number of hydrogen-bond donors (Lipinski definition) is 2. The molecule has 0 spiro atoms. The molecule has 22 heavy (non-hydrogen) atoms. The van der Waals surface area contributed by atoms with Crippen molar-refractivity contribution < 1.29 is 40.5 Å². The van der Waals surface area contributed by atoms with Gasteiger partial charge in [0, 0.05) is 0 Å². The van der Waals surface area contributed by atoms with E-state index >= 15 is 0 Å². The molecule has 0 rings (SSSR count). The van der Waals surface area contributed by atoms with Crippen LogP contribution >= 0.6 is 0 Å². The minimum Gasteiger partial charge on any atom is -0.480 e. The Labute approximate surface area is 126 Å². The predicted molar refractivity (Wildman–Crippen MR) is 69.4 cm³/mol. The van der Waals surface area contributed by atoms with E-state index in [2.05, 4.69) is 4.18 Å². The Morgan fingerprint density at radius 1 is 1.23 bits per heavy atom. The van der Waals surface area contributed by atoms with E-state index in [9.17, 15) is 31.2 Å². The lowest BCUT2D eigenvalue weighted by Crippen LogP contribution is -2.47. The quantitative estimate of drug-likeness (QED) is 0.661. The Morgan fingerprint density at radius 3 is 2.09 bits per heavy atom. The number of hydrogen-bond acceptors (Lipinski definition) is 5. The molecule has 0 aliphatic rings. The highest BCUT2D eigenvalue weighted by Crippen LogP contribution is 2.16. The lowest BCUT2D eigenvalue weighted by molar-refractivity contribution is -0.175. The number of carbonyl (C=O) groups excluding carboxylic acids is 1. The summed E-state index contributed by atoms with van der Waals surface area (Å²) in [4.78, 5) is 21.5. The van der Waals surface area contributed by atoms with Crippen LogP contribution in [0.25, 0.3) is 0 Å². The summed E-state index contributed by atoms with van der Waals surface area (Å²) in [6.45, 7) is 4.94. The smallest absolute Gasteiger partial charge is 0.471 e. The first-order valence-electron chi connectivity index (χ1n) is 6.12. The van der Waals surface area contributed by atoms with Crippen LogP contribution in [-0.4, -0.2) is 50.0 Å². The molecule has 0 aliphatic heterocycles. The van der Waals surface area contributed by atoms with Crippen LogP contribution in [-0.2, 0) is 23.9 Å². The fourth-order valence-corrected chi connectivity index (χ4v) is 2.26. The second-order valence-electron chi connectivity index (χ2n) is 5.74. The van der Waals surface area contributed by atoms with Gasteiger partial charge in [-0.1, -0.05) is 20.8 Å². The van der Waals surface area contributed by atoms with Crippen molar-refractivity contribution in [3.8, 4) is 0 Å². The van der Waals surface area contributed by atoms with Gasteiger partial charge in [-0.05, 0) is 11.8 Å². The Kier molecular flexibility index (Phi) is 6.82. The first kappa shape index (κ1) is 20.6. The van der Waals surface area contributed by atoms with Gasteiger partial charge < -0.3 is 10.4 Å². The minimum absolute atomic E-state index is 0.165. The van der Waals surface area contributed by atoms with Crippen LogP contribution < -0.4 is 5.32 Å². The van der Waals surface area contributed by atoms with Crippen molar-refractivity contribution in [3.63, 3.8) is 0 Å². The number of aliphatic carboxylic acids is 1. The summed E-state index contributed by atoms with van der Waals surface area (Å²) >= 11 is 0. The van der Waals surface area contributed by atoms with E-state index in [-0.39, 0.29) is 6.61 Å². The highest BCUT2D eigenvalue weighted by atomic mass is 32.2. The number of carboxylic acid groups (broad SMARTS) is 1. The minimum atomic E-state index is -5.25. The molecule has 0 saturated carbocycles. The SMILES string of the molecule is CC(C)(C)COS(=O)(=O)CCC(NC(=O)C(F)(F)F)C(=O)O. The van der Waals surface area contributed by atoms with Crippen molar-refractivity contribution in [1.29, 1.82) is 0 Å². The zero-order valence-electron chi connectivity index (χ0n) is 12.2. The van der Waals surface area contributed by atoms with Gasteiger partial charge in [-0.2, -0.15) is 21.6 Å². The van der Waals surface area contributed by atoms with E-state index in [0.29, 0.717) is 0 Å². The summed E-state index contributed by atoms with van der Waals surface area (Å²) in [6, 6.07) is -1.98. The molecule has 0 saturated heterocycles.